The highest BCUT2D eigenvalue weighted by Gasteiger charge is 2.18. The van der Waals surface area contributed by atoms with E-state index < -0.39 is 0 Å². The third-order valence-electron chi connectivity index (χ3n) is 4.68. The van der Waals surface area contributed by atoms with E-state index in [9.17, 15) is 4.39 Å². The monoisotopic (exact) mass is 367 g/mol. The average Bonchev–Trinajstić information content (AvgIpc) is 3.13. The van der Waals surface area contributed by atoms with Crippen LogP contribution >= 0.6 is 0 Å². The molecule has 0 aliphatic carbocycles. The lowest BCUT2D eigenvalue weighted by Gasteiger charge is -2.34. The summed E-state index contributed by atoms with van der Waals surface area (Å²) in [5.41, 5.74) is 3.66. The summed E-state index contributed by atoms with van der Waals surface area (Å²) in [5.74, 6) is -0.211. The number of halogens is 1. The first-order valence-electron chi connectivity index (χ1n) is 9.36. The van der Waals surface area contributed by atoms with E-state index in [1.165, 1.54) is 0 Å². The molecule has 142 valence electrons. The lowest BCUT2D eigenvalue weighted by atomic mass is 10.1. The molecule has 4 rings (SSSR count). The molecule has 5 nitrogen and oxygen atoms in total. The molecule has 0 radical (unpaired) electrons. The molecule has 3 aromatic rings. The maximum Gasteiger partial charge on any atom is 0.154 e. The smallest absolute Gasteiger partial charge is 0.154 e. The van der Waals surface area contributed by atoms with Crippen molar-refractivity contribution in [2.75, 3.05) is 38.1 Å². The molecule has 6 heteroatoms. The lowest BCUT2D eigenvalue weighted by molar-refractivity contribution is 0.311. The van der Waals surface area contributed by atoms with Gasteiger partial charge in [0, 0.05) is 31.7 Å². The summed E-state index contributed by atoms with van der Waals surface area (Å²) in [6.45, 7) is 11.3. The predicted molar refractivity (Wildman–Crippen MR) is 110 cm³/mol. The number of imidazole rings is 1. The Hall–Kier alpha value is -2.73. The van der Waals surface area contributed by atoms with Crippen LogP contribution in [0.15, 0.2) is 43.1 Å². The van der Waals surface area contributed by atoms with E-state index >= 15 is 0 Å². The van der Waals surface area contributed by atoms with Crippen molar-refractivity contribution in [2.45, 2.75) is 13.8 Å². The van der Waals surface area contributed by atoms with Crippen LogP contribution in [0, 0.1) is 5.82 Å². The van der Waals surface area contributed by atoms with Crippen molar-refractivity contribution in [2.24, 2.45) is 0 Å². The summed E-state index contributed by atoms with van der Waals surface area (Å²) in [7, 11) is 2.09. The van der Waals surface area contributed by atoms with Crippen LogP contribution in [0.5, 0.6) is 0 Å². The van der Waals surface area contributed by atoms with Crippen LogP contribution in [0.25, 0.3) is 23.0 Å². The summed E-state index contributed by atoms with van der Waals surface area (Å²) < 4.78 is 16.5. The van der Waals surface area contributed by atoms with E-state index in [0.29, 0.717) is 5.69 Å². The second-order valence-corrected chi connectivity index (χ2v) is 6.33. The zero-order valence-corrected chi connectivity index (χ0v) is 16.2. The van der Waals surface area contributed by atoms with Gasteiger partial charge in [0.25, 0.3) is 0 Å². The first-order valence-corrected chi connectivity index (χ1v) is 9.36. The van der Waals surface area contributed by atoms with Crippen molar-refractivity contribution >= 4 is 17.4 Å². The largest absolute Gasteiger partial charge is 0.367 e. The number of hydrogen-bond acceptors (Lipinski definition) is 4. The zero-order chi connectivity index (χ0) is 19.4. The Bertz CT molecular complexity index is 925. The van der Waals surface area contributed by atoms with Crippen LogP contribution in [-0.2, 0) is 0 Å². The number of benzene rings is 1. The second-order valence-electron chi connectivity index (χ2n) is 6.33. The molecule has 0 amide bonds. The van der Waals surface area contributed by atoms with Gasteiger partial charge in [-0.1, -0.05) is 26.5 Å². The van der Waals surface area contributed by atoms with Crippen LogP contribution in [0.1, 0.15) is 19.5 Å². The second kappa shape index (κ2) is 8.31. The Labute approximate surface area is 159 Å². The van der Waals surface area contributed by atoms with Gasteiger partial charge in [0.1, 0.15) is 5.82 Å². The minimum absolute atomic E-state index is 0.211. The van der Waals surface area contributed by atoms with Gasteiger partial charge in [0.05, 0.1) is 23.3 Å². The minimum atomic E-state index is -0.211. The first kappa shape index (κ1) is 19.0. The SMILES string of the molecule is C=Cc1ccc2ncc(-c3ccc(N4CCN(C)CC4)c(F)c3)n2n1.CC. The maximum absolute atomic E-state index is 14.7. The van der Waals surface area contributed by atoms with E-state index in [2.05, 4.69) is 33.5 Å². The van der Waals surface area contributed by atoms with Crippen LogP contribution in [-0.4, -0.2) is 52.7 Å². The Morgan fingerprint density at radius 1 is 1.07 bits per heavy atom. The highest BCUT2D eigenvalue weighted by Crippen LogP contribution is 2.27. The molecule has 1 aliphatic rings. The summed E-state index contributed by atoms with van der Waals surface area (Å²) in [6.07, 6.45) is 3.40. The molecule has 0 atom stereocenters. The molecule has 2 aromatic heterocycles. The Kier molecular flexibility index (Phi) is 5.86. The van der Waals surface area contributed by atoms with E-state index in [1.807, 2.05) is 38.1 Å². The van der Waals surface area contributed by atoms with Gasteiger partial charge in [0.15, 0.2) is 5.65 Å². The van der Waals surface area contributed by atoms with Crippen molar-refractivity contribution in [3.8, 4) is 11.3 Å². The number of aromatic nitrogens is 3. The van der Waals surface area contributed by atoms with Gasteiger partial charge in [-0.3, -0.25) is 0 Å². The van der Waals surface area contributed by atoms with Crippen LogP contribution in [0.2, 0.25) is 0 Å². The minimum Gasteiger partial charge on any atom is -0.367 e. The van der Waals surface area contributed by atoms with Gasteiger partial charge < -0.3 is 9.80 Å². The molecule has 0 unspecified atom stereocenters. The zero-order valence-electron chi connectivity index (χ0n) is 16.2. The fourth-order valence-corrected chi connectivity index (χ4v) is 3.16. The number of likely N-dealkylation sites (N-methyl/N-ethyl adjacent to an activating group) is 1. The molecule has 1 fully saturated rings. The van der Waals surface area contributed by atoms with Crippen molar-refractivity contribution in [1.82, 2.24) is 19.5 Å². The first-order chi connectivity index (χ1) is 13.2. The van der Waals surface area contributed by atoms with Gasteiger partial charge in [0.2, 0.25) is 0 Å². The van der Waals surface area contributed by atoms with E-state index in [-0.39, 0.29) is 5.82 Å². The number of fused-ring (bicyclic) bond motifs is 1. The molecule has 1 saturated heterocycles. The van der Waals surface area contributed by atoms with Crippen molar-refractivity contribution < 1.29 is 4.39 Å². The summed E-state index contributed by atoms with van der Waals surface area (Å²) in [6, 6.07) is 9.09. The predicted octanol–water partition coefficient (Wildman–Crippen LogP) is 3.96. The van der Waals surface area contributed by atoms with E-state index in [1.54, 1.807) is 22.9 Å². The molecular weight excluding hydrogens is 341 g/mol. The Balaban J connectivity index is 0.00000102. The van der Waals surface area contributed by atoms with Gasteiger partial charge in [-0.25, -0.2) is 13.9 Å². The molecule has 3 heterocycles. The number of rotatable bonds is 3. The highest BCUT2D eigenvalue weighted by atomic mass is 19.1. The highest BCUT2D eigenvalue weighted by molar-refractivity contribution is 5.66. The molecule has 1 aromatic carbocycles. The molecule has 1 aliphatic heterocycles. The van der Waals surface area contributed by atoms with Gasteiger partial charge >= 0.3 is 0 Å². The number of anilines is 1. The molecule has 0 N–H and O–H groups in total. The number of piperazine rings is 1. The van der Waals surface area contributed by atoms with E-state index in [4.69, 9.17) is 0 Å². The maximum atomic E-state index is 14.7. The van der Waals surface area contributed by atoms with Crippen molar-refractivity contribution in [3.05, 3.63) is 54.6 Å². The normalized spacial score (nSPS) is 14.7. The van der Waals surface area contributed by atoms with E-state index in [0.717, 1.165) is 48.8 Å². The molecule has 0 saturated carbocycles. The Morgan fingerprint density at radius 2 is 1.81 bits per heavy atom. The number of hydrogen-bond donors (Lipinski definition) is 0. The van der Waals surface area contributed by atoms with Crippen LogP contribution < -0.4 is 4.90 Å². The lowest BCUT2D eigenvalue weighted by Crippen LogP contribution is -2.44. The molecule has 0 spiro atoms. The van der Waals surface area contributed by atoms with Gasteiger partial charge in [-0.15, -0.1) is 0 Å². The van der Waals surface area contributed by atoms with Crippen molar-refractivity contribution in [3.63, 3.8) is 0 Å². The van der Waals surface area contributed by atoms with Gasteiger partial charge in [-0.2, -0.15) is 5.10 Å². The standard InChI is InChI=1S/C19H20FN5.C2H6/c1-3-15-5-7-19-21-13-18(25(19)22-15)14-4-6-17(16(20)12-14)24-10-8-23(2)9-11-24;1-2/h3-7,12-13H,1,8-11H2,2H3;1-2H3. The fraction of sp³-hybridized carbons (Fsp3) is 0.333. The molecule has 0 bridgehead atoms. The van der Waals surface area contributed by atoms with Crippen molar-refractivity contribution in [1.29, 1.82) is 0 Å². The summed E-state index contributed by atoms with van der Waals surface area (Å²) in [5, 5.41) is 4.48. The average molecular weight is 367 g/mol. The fourth-order valence-electron chi connectivity index (χ4n) is 3.16. The van der Waals surface area contributed by atoms with Crippen LogP contribution in [0.4, 0.5) is 10.1 Å². The van der Waals surface area contributed by atoms with Crippen LogP contribution in [0.3, 0.4) is 0 Å². The topological polar surface area (TPSA) is 36.7 Å². The summed E-state index contributed by atoms with van der Waals surface area (Å²) in [4.78, 5) is 8.70. The third kappa shape index (κ3) is 3.85. The van der Waals surface area contributed by atoms with Gasteiger partial charge in [-0.05, 0) is 37.4 Å². The molecule has 27 heavy (non-hydrogen) atoms. The third-order valence-corrected chi connectivity index (χ3v) is 4.68. The molecular formula is C21H26FN5. The number of nitrogens with zero attached hydrogens (tertiary/aromatic N) is 5. The Morgan fingerprint density at radius 3 is 2.48 bits per heavy atom. The quantitative estimate of drug-likeness (QED) is 0.702. The summed E-state index contributed by atoms with van der Waals surface area (Å²) >= 11 is 0.